The minimum absolute atomic E-state index is 0.119. The van der Waals surface area contributed by atoms with Crippen LogP contribution in [0.4, 0.5) is 0 Å². The summed E-state index contributed by atoms with van der Waals surface area (Å²) in [6.45, 7) is 7.29. The molecule has 1 aliphatic carbocycles. The van der Waals surface area contributed by atoms with Crippen molar-refractivity contribution in [3.63, 3.8) is 0 Å². The quantitative estimate of drug-likeness (QED) is 0.457. The normalized spacial score (nSPS) is 22.1. The van der Waals surface area contributed by atoms with Crippen molar-refractivity contribution in [2.45, 2.75) is 52.5 Å². The van der Waals surface area contributed by atoms with Gasteiger partial charge in [-0.3, -0.25) is 4.79 Å². The Morgan fingerprint density at radius 2 is 1.96 bits per heavy atom. The van der Waals surface area contributed by atoms with E-state index >= 15 is 0 Å². The number of carboxylic acids is 1. The van der Waals surface area contributed by atoms with Crippen molar-refractivity contribution in [2.24, 2.45) is 5.41 Å². The van der Waals surface area contributed by atoms with E-state index in [1.807, 2.05) is 6.08 Å². The van der Waals surface area contributed by atoms with Gasteiger partial charge in [0.25, 0.3) is 0 Å². The molecule has 0 amide bonds. The second-order valence-electron chi connectivity index (χ2n) is 6.71. The van der Waals surface area contributed by atoms with Gasteiger partial charge in [-0.25, -0.2) is 4.58 Å². The second kappa shape index (κ2) is 6.83. The van der Waals surface area contributed by atoms with Gasteiger partial charge < -0.3 is 5.11 Å². The third-order valence-electron chi connectivity index (χ3n) is 4.97. The van der Waals surface area contributed by atoms with Crippen molar-refractivity contribution >= 4 is 26.8 Å². The highest BCUT2D eigenvalue weighted by Gasteiger charge is 2.48. The molecule has 6 heteroatoms. The maximum Gasteiger partial charge on any atom is 0.303 e. The number of rotatable bonds is 6. The summed E-state index contributed by atoms with van der Waals surface area (Å²) in [6, 6.07) is 0.271. The van der Waals surface area contributed by atoms with Crippen molar-refractivity contribution in [1.82, 2.24) is 0 Å². The lowest BCUT2D eigenvalue weighted by atomic mass is 9.77. The fourth-order valence-corrected chi connectivity index (χ4v) is 3.65. The SMILES string of the molecule is CC1[N+](CCCCCC(=O)O)=C2C=CC(=S(=O)=O)C=C2C1(C)C. The summed E-state index contributed by atoms with van der Waals surface area (Å²) >= 11 is 0. The van der Waals surface area contributed by atoms with Gasteiger partial charge in [0, 0.05) is 24.5 Å². The molecule has 23 heavy (non-hydrogen) atoms. The summed E-state index contributed by atoms with van der Waals surface area (Å²) in [4.78, 5) is 10.9. The minimum atomic E-state index is -2.21. The number of hydrogen-bond donors (Lipinski definition) is 1. The number of carboxylic acid groups (broad SMARTS) is 1. The lowest BCUT2D eigenvalue weighted by Gasteiger charge is -2.22. The minimum Gasteiger partial charge on any atom is -0.481 e. The van der Waals surface area contributed by atoms with Crippen LogP contribution in [0.1, 0.15) is 46.5 Å². The van der Waals surface area contributed by atoms with E-state index in [0.717, 1.165) is 30.7 Å². The van der Waals surface area contributed by atoms with Crippen LogP contribution in [0.2, 0.25) is 0 Å². The zero-order valence-corrected chi connectivity index (χ0v) is 14.7. The Kier molecular flexibility index (Phi) is 5.24. The Morgan fingerprint density at radius 3 is 2.57 bits per heavy atom. The predicted octanol–water partition coefficient (Wildman–Crippen LogP) is 2.06. The van der Waals surface area contributed by atoms with Crippen LogP contribution in [-0.4, -0.2) is 47.2 Å². The van der Waals surface area contributed by atoms with Gasteiger partial charge in [0.1, 0.15) is 6.54 Å². The highest BCUT2D eigenvalue weighted by molar-refractivity contribution is 7.73. The first kappa shape index (κ1) is 17.7. The number of carbonyl (C=O) groups is 1. The molecule has 0 aromatic rings. The molecule has 0 aromatic heterocycles. The average Bonchev–Trinajstić information content (AvgIpc) is 2.67. The Balaban J connectivity index is 2.18. The van der Waals surface area contributed by atoms with Crippen molar-refractivity contribution in [2.75, 3.05) is 6.54 Å². The number of hydrogen-bond acceptors (Lipinski definition) is 3. The van der Waals surface area contributed by atoms with E-state index < -0.39 is 16.3 Å². The first-order chi connectivity index (χ1) is 10.7. The van der Waals surface area contributed by atoms with Crippen LogP contribution in [0.15, 0.2) is 23.8 Å². The smallest absolute Gasteiger partial charge is 0.303 e. The van der Waals surface area contributed by atoms with E-state index in [1.54, 1.807) is 12.2 Å². The summed E-state index contributed by atoms with van der Waals surface area (Å²) in [5.74, 6) is -0.746. The molecule has 1 N–H and O–H groups in total. The van der Waals surface area contributed by atoms with Crippen LogP contribution in [0, 0.1) is 5.41 Å². The fraction of sp³-hybridized carbons (Fsp3) is 0.588. The average molecular weight is 338 g/mol. The molecule has 1 heterocycles. The number of aliphatic carboxylic acids is 1. The molecule has 1 unspecified atom stereocenters. The molecular weight excluding hydrogens is 314 g/mol. The third kappa shape index (κ3) is 3.63. The van der Waals surface area contributed by atoms with Crippen molar-refractivity contribution in [3.05, 3.63) is 23.8 Å². The molecule has 5 nitrogen and oxygen atoms in total. The monoisotopic (exact) mass is 338 g/mol. The van der Waals surface area contributed by atoms with Gasteiger partial charge in [-0.2, -0.15) is 8.42 Å². The van der Waals surface area contributed by atoms with Crippen LogP contribution in [0.3, 0.4) is 0 Å². The highest BCUT2D eigenvalue weighted by Crippen LogP contribution is 2.40. The lowest BCUT2D eigenvalue weighted by molar-refractivity contribution is -0.565. The maximum absolute atomic E-state index is 11.2. The Labute approximate surface area is 138 Å². The standard InChI is InChI=1S/C17H23NO4S/c1-12-17(2,3)14-11-13(23(21)22)8-9-15(14)18(12)10-6-4-5-7-16(19)20/h8-9,11-12H,4-7,10H2,1-3H3/p+1. The number of fused-ring (bicyclic) bond motifs is 1. The van der Waals surface area contributed by atoms with E-state index in [2.05, 4.69) is 25.3 Å². The lowest BCUT2D eigenvalue weighted by Crippen LogP contribution is -2.32. The molecule has 0 saturated heterocycles. The van der Waals surface area contributed by atoms with E-state index in [4.69, 9.17) is 5.11 Å². The molecule has 1 atom stereocenters. The molecule has 0 fully saturated rings. The van der Waals surface area contributed by atoms with E-state index in [-0.39, 0.29) is 17.9 Å². The van der Waals surface area contributed by atoms with Crippen LogP contribution >= 0.6 is 0 Å². The number of nitrogens with zero attached hydrogens (tertiary/aromatic N) is 1. The van der Waals surface area contributed by atoms with Gasteiger partial charge in [0.05, 0.1) is 10.3 Å². The summed E-state index contributed by atoms with van der Waals surface area (Å²) < 4.78 is 24.7. The molecule has 0 aromatic carbocycles. The van der Waals surface area contributed by atoms with E-state index in [0.29, 0.717) is 11.3 Å². The highest BCUT2D eigenvalue weighted by atomic mass is 32.2. The molecule has 0 radical (unpaired) electrons. The first-order valence-electron chi connectivity index (χ1n) is 7.97. The summed E-state index contributed by atoms with van der Waals surface area (Å²) in [5, 5.41) is 8.68. The Hall–Kier alpha value is -1.69. The van der Waals surface area contributed by atoms with Crippen LogP contribution in [-0.2, 0) is 15.1 Å². The van der Waals surface area contributed by atoms with Crippen LogP contribution < -0.4 is 0 Å². The largest absolute Gasteiger partial charge is 0.481 e. The van der Waals surface area contributed by atoms with Crippen molar-refractivity contribution in [1.29, 1.82) is 0 Å². The Bertz CT molecular complexity index is 731. The van der Waals surface area contributed by atoms with Gasteiger partial charge in [-0.05, 0) is 45.8 Å². The number of allylic oxidation sites excluding steroid dienone is 3. The van der Waals surface area contributed by atoms with Crippen LogP contribution in [0.25, 0.3) is 0 Å². The maximum atomic E-state index is 11.2. The summed E-state index contributed by atoms with van der Waals surface area (Å²) in [5.41, 5.74) is 2.04. The zero-order valence-electron chi connectivity index (χ0n) is 13.9. The molecule has 126 valence electrons. The molecule has 2 rings (SSSR count). The number of unbranched alkanes of at least 4 members (excludes halogenated alkanes) is 2. The van der Waals surface area contributed by atoms with Gasteiger partial charge in [0.15, 0.2) is 6.04 Å². The van der Waals surface area contributed by atoms with E-state index in [1.165, 1.54) is 0 Å². The first-order valence-corrected chi connectivity index (χ1v) is 9.05. The van der Waals surface area contributed by atoms with Gasteiger partial charge in [-0.15, -0.1) is 0 Å². The molecule has 0 saturated carbocycles. The van der Waals surface area contributed by atoms with Gasteiger partial charge in [0.2, 0.25) is 16.0 Å². The summed E-state index contributed by atoms with van der Waals surface area (Å²) in [6.07, 6.45) is 8.05. The topological polar surface area (TPSA) is 74.5 Å². The van der Waals surface area contributed by atoms with Gasteiger partial charge >= 0.3 is 5.97 Å². The zero-order chi connectivity index (χ0) is 17.2. The summed E-state index contributed by atoms with van der Waals surface area (Å²) in [7, 11) is -2.21. The second-order valence-corrected chi connectivity index (χ2v) is 7.65. The molecular formula is C17H24NO4S+. The van der Waals surface area contributed by atoms with E-state index in [9.17, 15) is 13.2 Å². The Morgan fingerprint density at radius 1 is 1.26 bits per heavy atom. The predicted molar refractivity (Wildman–Crippen MR) is 90.6 cm³/mol. The molecule has 1 aliphatic heterocycles. The molecule has 0 bridgehead atoms. The van der Waals surface area contributed by atoms with Gasteiger partial charge in [-0.1, -0.05) is 0 Å². The fourth-order valence-electron chi connectivity index (χ4n) is 3.26. The third-order valence-corrected chi connectivity index (χ3v) is 5.60. The van der Waals surface area contributed by atoms with Crippen molar-refractivity contribution < 1.29 is 22.9 Å². The van der Waals surface area contributed by atoms with Crippen molar-refractivity contribution in [3.8, 4) is 0 Å². The molecule has 0 spiro atoms. The van der Waals surface area contributed by atoms with Crippen LogP contribution in [0.5, 0.6) is 0 Å². The molecule has 2 aliphatic rings.